The summed E-state index contributed by atoms with van der Waals surface area (Å²) in [7, 11) is 1.93. The van der Waals surface area contributed by atoms with Crippen molar-refractivity contribution in [3.63, 3.8) is 0 Å². The van der Waals surface area contributed by atoms with Gasteiger partial charge < -0.3 is 14.1 Å². The zero-order valence-corrected chi connectivity index (χ0v) is 15.3. The molecule has 0 atom stereocenters. The minimum absolute atomic E-state index is 0.139. The maximum Gasteiger partial charge on any atom is 0.236 e. The van der Waals surface area contributed by atoms with E-state index in [1.54, 1.807) is 0 Å². The van der Waals surface area contributed by atoms with E-state index in [1.165, 1.54) is 0 Å². The van der Waals surface area contributed by atoms with Crippen LogP contribution < -0.4 is 0 Å². The molecule has 3 rings (SSSR count). The molecule has 0 N–H and O–H groups in total. The standard InChI is InChI=1S/C18H21BrN2O3/c1-20(13-18(22)21-8-10-23-11-9-21)12-16-6-7-17(24-16)14-2-4-15(19)5-3-14/h2-7H,8-13H2,1H3. The fourth-order valence-electron chi connectivity index (χ4n) is 2.70. The molecule has 0 bridgehead atoms. The van der Waals surface area contributed by atoms with E-state index in [0.29, 0.717) is 39.4 Å². The summed E-state index contributed by atoms with van der Waals surface area (Å²) < 4.78 is 12.2. The molecule has 6 heteroatoms. The van der Waals surface area contributed by atoms with E-state index in [2.05, 4.69) is 15.9 Å². The molecule has 0 aliphatic carbocycles. The number of morpholine rings is 1. The Morgan fingerprint density at radius 3 is 2.58 bits per heavy atom. The molecular weight excluding hydrogens is 372 g/mol. The van der Waals surface area contributed by atoms with Crippen molar-refractivity contribution in [2.75, 3.05) is 39.9 Å². The molecule has 1 aromatic carbocycles. The summed E-state index contributed by atoms with van der Waals surface area (Å²) in [5.41, 5.74) is 1.04. The summed E-state index contributed by atoms with van der Waals surface area (Å²) in [5.74, 6) is 1.83. The third-order valence-corrected chi connectivity index (χ3v) is 4.51. The fourth-order valence-corrected chi connectivity index (χ4v) is 2.96. The van der Waals surface area contributed by atoms with Gasteiger partial charge in [-0.1, -0.05) is 28.1 Å². The predicted octanol–water partition coefficient (Wildman–Crippen LogP) is 3.00. The molecule has 0 spiro atoms. The van der Waals surface area contributed by atoms with E-state index < -0.39 is 0 Å². The SMILES string of the molecule is CN(CC(=O)N1CCOCC1)Cc1ccc(-c2ccc(Br)cc2)o1. The number of nitrogens with zero attached hydrogens (tertiary/aromatic N) is 2. The molecule has 0 unspecified atom stereocenters. The Labute approximate surface area is 150 Å². The van der Waals surface area contributed by atoms with E-state index in [0.717, 1.165) is 21.6 Å². The quantitative estimate of drug-likeness (QED) is 0.784. The maximum absolute atomic E-state index is 12.3. The molecule has 1 saturated heterocycles. The van der Waals surface area contributed by atoms with Crippen molar-refractivity contribution >= 4 is 21.8 Å². The number of furan rings is 1. The number of halogens is 1. The van der Waals surface area contributed by atoms with E-state index in [1.807, 2.05) is 53.2 Å². The number of carbonyl (C=O) groups is 1. The molecule has 24 heavy (non-hydrogen) atoms. The Kier molecular flexibility index (Phi) is 5.71. The van der Waals surface area contributed by atoms with Gasteiger partial charge in [0, 0.05) is 23.1 Å². The summed E-state index contributed by atoms with van der Waals surface area (Å²) >= 11 is 3.43. The highest BCUT2D eigenvalue weighted by Gasteiger charge is 2.18. The van der Waals surface area contributed by atoms with Crippen molar-refractivity contribution in [1.29, 1.82) is 0 Å². The maximum atomic E-state index is 12.3. The van der Waals surface area contributed by atoms with Crippen LogP contribution in [0.3, 0.4) is 0 Å². The smallest absolute Gasteiger partial charge is 0.236 e. The lowest BCUT2D eigenvalue weighted by atomic mass is 10.2. The first-order valence-corrected chi connectivity index (χ1v) is 8.80. The lowest BCUT2D eigenvalue weighted by molar-refractivity contribution is -0.136. The van der Waals surface area contributed by atoms with Crippen LogP contribution in [0.2, 0.25) is 0 Å². The van der Waals surface area contributed by atoms with Crippen LogP contribution in [0.4, 0.5) is 0 Å². The van der Waals surface area contributed by atoms with Gasteiger partial charge in [0.15, 0.2) is 0 Å². The van der Waals surface area contributed by atoms with Gasteiger partial charge in [0.2, 0.25) is 5.91 Å². The molecule has 1 fully saturated rings. The molecule has 1 aromatic heterocycles. The lowest BCUT2D eigenvalue weighted by Crippen LogP contribution is -2.44. The van der Waals surface area contributed by atoms with Crippen LogP contribution in [-0.4, -0.2) is 55.6 Å². The second-order valence-corrected chi connectivity index (χ2v) is 6.85. The first kappa shape index (κ1) is 17.2. The van der Waals surface area contributed by atoms with Crippen LogP contribution in [0.1, 0.15) is 5.76 Å². The lowest BCUT2D eigenvalue weighted by Gasteiger charge is -2.28. The molecule has 2 aromatic rings. The Bertz CT molecular complexity index is 678. The van der Waals surface area contributed by atoms with Gasteiger partial charge in [-0.25, -0.2) is 0 Å². The minimum atomic E-state index is 0.139. The number of amides is 1. The van der Waals surface area contributed by atoms with Gasteiger partial charge in [0.1, 0.15) is 11.5 Å². The largest absolute Gasteiger partial charge is 0.460 e. The third kappa shape index (κ3) is 4.47. The summed E-state index contributed by atoms with van der Waals surface area (Å²) in [6.07, 6.45) is 0. The number of hydrogen-bond donors (Lipinski definition) is 0. The highest BCUT2D eigenvalue weighted by atomic mass is 79.9. The average molecular weight is 393 g/mol. The molecule has 128 valence electrons. The highest BCUT2D eigenvalue weighted by molar-refractivity contribution is 9.10. The molecule has 0 saturated carbocycles. The van der Waals surface area contributed by atoms with E-state index in [-0.39, 0.29) is 5.91 Å². The van der Waals surface area contributed by atoms with Gasteiger partial charge in [0.05, 0.1) is 26.3 Å². The predicted molar refractivity (Wildman–Crippen MR) is 95.6 cm³/mol. The monoisotopic (exact) mass is 392 g/mol. The van der Waals surface area contributed by atoms with E-state index in [4.69, 9.17) is 9.15 Å². The first-order chi connectivity index (χ1) is 11.6. The average Bonchev–Trinajstić information content (AvgIpc) is 3.04. The summed E-state index contributed by atoms with van der Waals surface area (Å²) in [5, 5.41) is 0. The van der Waals surface area contributed by atoms with Gasteiger partial charge in [-0.05, 0) is 31.3 Å². The van der Waals surface area contributed by atoms with Crippen LogP contribution >= 0.6 is 15.9 Å². The van der Waals surface area contributed by atoms with Crippen molar-refractivity contribution in [1.82, 2.24) is 9.80 Å². The molecule has 5 nitrogen and oxygen atoms in total. The van der Waals surface area contributed by atoms with Crippen molar-refractivity contribution < 1.29 is 13.9 Å². The summed E-state index contributed by atoms with van der Waals surface area (Å²) in [4.78, 5) is 16.1. The van der Waals surface area contributed by atoms with Crippen LogP contribution in [0.5, 0.6) is 0 Å². The molecular formula is C18H21BrN2O3. The normalized spacial score (nSPS) is 15.0. The number of rotatable bonds is 5. The topological polar surface area (TPSA) is 45.9 Å². The highest BCUT2D eigenvalue weighted by Crippen LogP contribution is 2.24. The van der Waals surface area contributed by atoms with E-state index in [9.17, 15) is 4.79 Å². The van der Waals surface area contributed by atoms with Crippen molar-refractivity contribution in [2.24, 2.45) is 0 Å². The fraction of sp³-hybridized carbons (Fsp3) is 0.389. The van der Waals surface area contributed by atoms with Crippen LogP contribution in [-0.2, 0) is 16.1 Å². The molecule has 2 heterocycles. The number of hydrogen-bond acceptors (Lipinski definition) is 4. The number of ether oxygens (including phenoxy) is 1. The number of carbonyl (C=O) groups excluding carboxylic acids is 1. The molecule has 1 amide bonds. The Balaban J connectivity index is 1.55. The Morgan fingerprint density at radius 1 is 1.17 bits per heavy atom. The zero-order valence-electron chi connectivity index (χ0n) is 13.7. The first-order valence-electron chi connectivity index (χ1n) is 8.00. The zero-order chi connectivity index (χ0) is 16.9. The summed E-state index contributed by atoms with van der Waals surface area (Å²) in [6.45, 7) is 3.61. The summed E-state index contributed by atoms with van der Waals surface area (Å²) in [6, 6.07) is 11.9. The van der Waals surface area contributed by atoms with Crippen molar-refractivity contribution in [3.8, 4) is 11.3 Å². The molecule has 1 aliphatic heterocycles. The van der Waals surface area contributed by atoms with Gasteiger partial charge in [-0.15, -0.1) is 0 Å². The molecule has 1 aliphatic rings. The van der Waals surface area contributed by atoms with Gasteiger partial charge in [-0.3, -0.25) is 9.69 Å². The van der Waals surface area contributed by atoms with Gasteiger partial charge in [0.25, 0.3) is 0 Å². The minimum Gasteiger partial charge on any atom is -0.460 e. The second kappa shape index (κ2) is 7.96. The van der Waals surface area contributed by atoms with Crippen LogP contribution in [0.15, 0.2) is 45.3 Å². The van der Waals surface area contributed by atoms with Crippen molar-refractivity contribution in [3.05, 3.63) is 46.6 Å². The molecule has 0 radical (unpaired) electrons. The number of likely N-dealkylation sites (N-methyl/N-ethyl adjacent to an activating group) is 1. The van der Waals surface area contributed by atoms with Crippen LogP contribution in [0.25, 0.3) is 11.3 Å². The van der Waals surface area contributed by atoms with Crippen molar-refractivity contribution in [2.45, 2.75) is 6.54 Å². The third-order valence-electron chi connectivity index (χ3n) is 3.99. The van der Waals surface area contributed by atoms with E-state index >= 15 is 0 Å². The van der Waals surface area contributed by atoms with Crippen LogP contribution in [0, 0.1) is 0 Å². The number of benzene rings is 1. The second-order valence-electron chi connectivity index (χ2n) is 5.94. The van der Waals surface area contributed by atoms with Gasteiger partial charge >= 0.3 is 0 Å². The van der Waals surface area contributed by atoms with Gasteiger partial charge in [-0.2, -0.15) is 0 Å². The Morgan fingerprint density at radius 2 is 1.88 bits per heavy atom. The Hall–Kier alpha value is -1.63.